The lowest BCUT2D eigenvalue weighted by Gasteiger charge is -2.21. The van der Waals surface area contributed by atoms with Crippen LogP contribution in [0.4, 0.5) is 0 Å². The van der Waals surface area contributed by atoms with Crippen LogP contribution in [0.15, 0.2) is 12.4 Å². The molecule has 1 aliphatic heterocycles. The van der Waals surface area contributed by atoms with Crippen LogP contribution in [-0.4, -0.2) is 23.0 Å². The molecule has 1 saturated heterocycles. The van der Waals surface area contributed by atoms with Gasteiger partial charge in [0.05, 0.1) is 11.8 Å². The van der Waals surface area contributed by atoms with Crippen molar-refractivity contribution in [2.45, 2.75) is 19.4 Å². The Balaban J connectivity index is 1.93. The summed E-state index contributed by atoms with van der Waals surface area (Å²) in [5, 5.41) is 4.21. The molecule has 74 valence electrons. The van der Waals surface area contributed by atoms with E-state index in [1.807, 2.05) is 10.9 Å². The Kier molecular flexibility index (Phi) is 2.85. The molecule has 1 aliphatic rings. The van der Waals surface area contributed by atoms with Crippen LogP contribution in [0.1, 0.15) is 18.4 Å². The second-order valence-corrected chi connectivity index (χ2v) is 3.65. The zero-order valence-electron chi connectivity index (χ0n) is 8.15. The molecule has 1 aromatic rings. The van der Waals surface area contributed by atoms with Crippen LogP contribution in [0, 0.1) is 18.3 Å². The molecule has 1 aromatic heterocycles. The van der Waals surface area contributed by atoms with E-state index in [-0.39, 0.29) is 0 Å². The average molecular weight is 190 g/mol. The maximum Gasteiger partial charge on any atom is 0.0646 e. The number of nitrogens with zero attached hydrogens (tertiary/aromatic N) is 2. The number of terminal acetylenes is 1. The first-order chi connectivity index (χ1) is 6.88. The highest BCUT2D eigenvalue weighted by Gasteiger charge is 2.14. The summed E-state index contributed by atoms with van der Waals surface area (Å²) in [6, 6.07) is 0. The monoisotopic (exact) mass is 190 g/mol. The summed E-state index contributed by atoms with van der Waals surface area (Å²) in [6.07, 6.45) is 11.2. The van der Waals surface area contributed by atoms with Crippen molar-refractivity contribution < 1.29 is 4.74 Å². The summed E-state index contributed by atoms with van der Waals surface area (Å²) in [6.45, 7) is 2.73. The lowest BCUT2D eigenvalue weighted by molar-refractivity contribution is 0.0601. The fourth-order valence-electron chi connectivity index (χ4n) is 1.73. The summed E-state index contributed by atoms with van der Waals surface area (Å²) in [7, 11) is 0. The molecule has 0 bridgehead atoms. The van der Waals surface area contributed by atoms with Gasteiger partial charge in [-0.25, -0.2) is 0 Å². The summed E-state index contributed by atoms with van der Waals surface area (Å²) in [5.41, 5.74) is 0.858. The highest BCUT2D eigenvalue weighted by molar-refractivity contribution is 5.26. The fraction of sp³-hybridized carbons (Fsp3) is 0.545. The van der Waals surface area contributed by atoms with Crippen LogP contribution in [0.25, 0.3) is 0 Å². The Morgan fingerprint density at radius 3 is 3.00 bits per heavy atom. The zero-order chi connectivity index (χ0) is 9.80. The molecule has 2 rings (SSSR count). The molecule has 0 amide bonds. The van der Waals surface area contributed by atoms with E-state index < -0.39 is 0 Å². The number of hydrogen-bond acceptors (Lipinski definition) is 2. The van der Waals surface area contributed by atoms with Crippen molar-refractivity contribution in [3.8, 4) is 12.3 Å². The van der Waals surface area contributed by atoms with Gasteiger partial charge in [-0.3, -0.25) is 4.68 Å². The minimum Gasteiger partial charge on any atom is -0.381 e. The van der Waals surface area contributed by atoms with Crippen molar-refractivity contribution >= 4 is 0 Å². The van der Waals surface area contributed by atoms with Crippen molar-refractivity contribution in [3.63, 3.8) is 0 Å². The van der Waals surface area contributed by atoms with Crippen LogP contribution in [0.3, 0.4) is 0 Å². The van der Waals surface area contributed by atoms with Crippen LogP contribution < -0.4 is 0 Å². The minimum absolute atomic E-state index is 0.689. The molecule has 0 atom stereocenters. The summed E-state index contributed by atoms with van der Waals surface area (Å²) < 4.78 is 7.24. The average Bonchev–Trinajstić information content (AvgIpc) is 2.67. The molecule has 3 nitrogen and oxygen atoms in total. The van der Waals surface area contributed by atoms with Gasteiger partial charge in [0.1, 0.15) is 0 Å². The predicted octanol–water partition coefficient (Wildman–Crippen LogP) is 1.29. The smallest absolute Gasteiger partial charge is 0.0646 e. The number of rotatable bonds is 2. The lowest BCUT2D eigenvalue weighted by Crippen LogP contribution is -2.20. The van der Waals surface area contributed by atoms with Gasteiger partial charge in [-0.05, 0) is 18.8 Å². The third-order valence-corrected chi connectivity index (χ3v) is 2.59. The highest BCUT2D eigenvalue weighted by Crippen LogP contribution is 2.16. The SMILES string of the molecule is C#Cc1cnn(CC2CCOCC2)c1. The third kappa shape index (κ3) is 2.15. The second kappa shape index (κ2) is 4.30. The number of hydrogen-bond donors (Lipinski definition) is 0. The van der Waals surface area contributed by atoms with E-state index in [1.54, 1.807) is 6.20 Å². The lowest BCUT2D eigenvalue weighted by atomic mass is 10.0. The Labute approximate surface area is 84.1 Å². The van der Waals surface area contributed by atoms with E-state index in [1.165, 1.54) is 0 Å². The normalized spacial score (nSPS) is 17.9. The first kappa shape index (κ1) is 9.29. The van der Waals surface area contributed by atoms with Gasteiger partial charge in [0.25, 0.3) is 0 Å². The van der Waals surface area contributed by atoms with Gasteiger partial charge in [0, 0.05) is 26.0 Å². The van der Waals surface area contributed by atoms with E-state index in [0.29, 0.717) is 5.92 Å². The Bertz CT molecular complexity index is 331. The first-order valence-corrected chi connectivity index (χ1v) is 4.95. The van der Waals surface area contributed by atoms with E-state index in [0.717, 1.165) is 38.2 Å². The third-order valence-electron chi connectivity index (χ3n) is 2.59. The van der Waals surface area contributed by atoms with Crippen molar-refractivity contribution in [1.29, 1.82) is 0 Å². The largest absolute Gasteiger partial charge is 0.381 e. The van der Waals surface area contributed by atoms with Gasteiger partial charge in [-0.1, -0.05) is 5.92 Å². The summed E-state index contributed by atoms with van der Waals surface area (Å²) >= 11 is 0. The van der Waals surface area contributed by atoms with Gasteiger partial charge in [-0.2, -0.15) is 5.10 Å². The van der Waals surface area contributed by atoms with E-state index in [2.05, 4.69) is 11.0 Å². The maximum atomic E-state index is 5.30. The van der Waals surface area contributed by atoms with Gasteiger partial charge in [0.15, 0.2) is 0 Å². The summed E-state index contributed by atoms with van der Waals surface area (Å²) in [4.78, 5) is 0. The van der Waals surface area contributed by atoms with Crippen molar-refractivity contribution in [2.75, 3.05) is 13.2 Å². The van der Waals surface area contributed by atoms with Gasteiger partial charge in [0.2, 0.25) is 0 Å². The fourth-order valence-corrected chi connectivity index (χ4v) is 1.73. The molecular formula is C11H14N2O. The van der Waals surface area contributed by atoms with E-state index >= 15 is 0 Å². The molecule has 2 heterocycles. The predicted molar refractivity (Wildman–Crippen MR) is 53.7 cm³/mol. The van der Waals surface area contributed by atoms with Crippen LogP contribution in [0.5, 0.6) is 0 Å². The standard InChI is InChI=1S/C11H14N2O/c1-2-10-7-12-13(8-10)9-11-3-5-14-6-4-11/h1,7-8,11H,3-6,9H2. The minimum atomic E-state index is 0.689. The molecule has 0 spiro atoms. The number of ether oxygens (including phenoxy) is 1. The molecule has 14 heavy (non-hydrogen) atoms. The molecule has 0 saturated carbocycles. The van der Waals surface area contributed by atoms with E-state index in [9.17, 15) is 0 Å². The van der Waals surface area contributed by atoms with Crippen LogP contribution >= 0.6 is 0 Å². The molecule has 1 fully saturated rings. The highest BCUT2D eigenvalue weighted by atomic mass is 16.5. The maximum absolute atomic E-state index is 5.30. The van der Waals surface area contributed by atoms with Gasteiger partial charge < -0.3 is 4.74 Å². The van der Waals surface area contributed by atoms with Crippen LogP contribution in [0.2, 0.25) is 0 Å². The van der Waals surface area contributed by atoms with Gasteiger partial charge in [-0.15, -0.1) is 6.42 Å². The zero-order valence-corrected chi connectivity index (χ0v) is 8.15. The molecule has 3 heteroatoms. The Morgan fingerprint density at radius 1 is 1.57 bits per heavy atom. The van der Waals surface area contributed by atoms with E-state index in [4.69, 9.17) is 11.2 Å². The van der Waals surface area contributed by atoms with Crippen LogP contribution in [-0.2, 0) is 11.3 Å². The van der Waals surface area contributed by atoms with Crippen molar-refractivity contribution in [3.05, 3.63) is 18.0 Å². The van der Waals surface area contributed by atoms with Gasteiger partial charge >= 0.3 is 0 Å². The molecule has 0 N–H and O–H groups in total. The van der Waals surface area contributed by atoms with Crippen molar-refractivity contribution in [2.24, 2.45) is 5.92 Å². The van der Waals surface area contributed by atoms with Crippen molar-refractivity contribution in [1.82, 2.24) is 9.78 Å². The quantitative estimate of drug-likeness (QED) is 0.657. The molecule has 0 radical (unpaired) electrons. The molecular weight excluding hydrogens is 176 g/mol. The molecule has 0 aliphatic carbocycles. The first-order valence-electron chi connectivity index (χ1n) is 4.95. The summed E-state index contributed by atoms with van der Waals surface area (Å²) in [5.74, 6) is 3.27. The topological polar surface area (TPSA) is 27.1 Å². The Hall–Kier alpha value is -1.27. The Morgan fingerprint density at radius 2 is 2.36 bits per heavy atom. The molecule has 0 aromatic carbocycles. The second-order valence-electron chi connectivity index (χ2n) is 3.65. The molecule has 0 unspecified atom stereocenters. The number of aromatic nitrogens is 2.